The second-order valence-electron chi connectivity index (χ2n) is 4.00. The second kappa shape index (κ2) is 4.77. The summed E-state index contributed by atoms with van der Waals surface area (Å²) in [6, 6.07) is 10.4. The summed E-state index contributed by atoms with van der Waals surface area (Å²) in [6.07, 6.45) is 0.876. The quantitative estimate of drug-likeness (QED) is 0.884. The largest absolute Gasteiger partial charge is 0.356 e. The SMILES string of the molecule is CCc1[nH]c(-c2ccc(C)cc2)c(C#N)c1Br. The monoisotopic (exact) mass is 288 g/mol. The molecule has 2 aromatic rings. The van der Waals surface area contributed by atoms with Crippen molar-refractivity contribution in [3.63, 3.8) is 0 Å². The second-order valence-corrected chi connectivity index (χ2v) is 4.79. The fraction of sp³-hybridized carbons (Fsp3) is 0.214. The van der Waals surface area contributed by atoms with Gasteiger partial charge in [0.1, 0.15) is 6.07 Å². The minimum atomic E-state index is 0.686. The fourth-order valence-electron chi connectivity index (χ4n) is 1.81. The van der Waals surface area contributed by atoms with Crippen molar-refractivity contribution in [2.75, 3.05) is 0 Å². The Bertz CT molecular complexity index is 574. The lowest BCUT2D eigenvalue weighted by Crippen LogP contribution is -1.83. The first-order valence-electron chi connectivity index (χ1n) is 5.54. The van der Waals surface area contributed by atoms with Gasteiger partial charge in [-0.15, -0.1) is 0 Å². The lowest BCUT2D eigenvalue weighted by atomic mass is 10.1. The van der Waals surface area contributed by atoms with E-state index < -0.39 is 0 Å². The molecule has 0 fully saturated rings. The molecule has 0 saturated heterocycles. The number of nitrogens with zero attached hydrogens (tertiary/aromatic N) is 1. The van der Waals surface area contributed by atoms with Gasteiger partial charge in [-0.2, -0.15) is 5.26 Å². The average Bonchev–Trinajstić information content (AvgIpc) is 2.66. The van der Waals surface area contributed by atoms with E-state index in [2.05, 4.69) is 53.0 Å². The number of H-pyrrole nitrogens is 1. The number of benzene rings is 1. The van der Waals surface area contributed by atoms with Gasteiger partial charge in [-0.3, -0.25) is 0 Å². The van der Waals surface area contributed by atoms with Gasteiger partial charge in [-0.1, -0.05) is 36.8 Å². The van der Waals surface area contributed by atoms with Crippen LogP contribution in [-0.2, 0) is 6.42 Å². The summed E-state index contributed by atoms with van der Waals surface area (Å²) in [6.45, 7) is 4.12. The standard InChI is InChI=1S/C14H13BrN2/c1-3-12-13(15)11(8-16)14(17-12)10-6-4-9(2)5-7-10/h4-7,17H,3H2,1-2H3. The molecule has 1 aromatic heterocycles. The molecule has 0 saturated carbocycles. The first kappa shape index (κ1) is 11.9. The van der Waals surface area contributed by atoms with Gasteiger partial charge in [0.25, 0.3) is 0 Å². The Hall–Kier alpha value is -1.53. The van der Waals surface area contributed by atoms with Crippen LogP contribution in [-0.4, -0.2) is 4.98 Å². The molecule has 0 spiro atoms. The maximum Gasteiger partial charge on any atom is 0.103 e. The smallest absolute Gasteiger partial charge is 0.103 e. The van der Waals surface area contributed by atoms with Crippen molar-refractivity contribution in [3.05, 3.63) is 45.6 Å². The Labute approximate surface area is 109 Å². The first-order valence-corrected chi connectivity index (χ1v) is 6.34. The van der Waals surface area contributed by atoms with Crippen molar-refractivity contribution >= 4 is 15.9 Å². The van der Waals surface area contributed by atoms with Crippen LogP contribution in [0, 0.1) is 18.3 Å². The highest BCUT2D eigenvalue weighted by Gasteiger charge is 2.15. The van der Waals surface area contributed by atoms with E-state index in [1.54, 1.807) is 0 Å². The summed E-state index contributed by atoms with van der Waals surface area (Å²) in [5.41, 5.74) is 4.92. The number of aromatic nitrogens is 1. The predicted octanol–water partition coefficient (Wildman–Crippen LogP) is 4.19. The Kier molecular flexibility index (Phi) is 3.35. The molecule has 2 rings (SSSR count). The van der Waals surface area contributed by atoms with Gasteiger partial charge in [-0.25, -0.2) is 0 Å². The predicted molar refractivity (Wildman–Crippen MR) is 72.8 cm³/mol. The van der Waals surface area contributed by atoms with Crippen molar-refractivity contribution in [3.8, 4) is 17.3 Å². The van der Waals surface area contributed by atoms with E-state index in [-0.39, 0.29) is 0 Å². The van der Waals surface area contributed by atoms with E-state index >= 15 is 0 Å². The third-order valence-electron chi connectivity index (χ3n) is 2.82. The van der Waals surface area contributed by atoms with Crippen LogP contribution in [0.25, 0.3) is 11.3 Å². The number of aryl methyl sites for hydroxylation is 2. The van der Waals surface area contributed by atoms with Gasteiger partial charge in [0.2, 0.25) is 0 Å². The minimum absolute atomic E-state index is 0.686. The van der Waals surface area contributed by atoms with Crippen molar-refractivity contribution in [1.82, 2.24) is 4.98 Å². The molecule has 0 aliphatic carbocycles. The van der Waals surface area contributed by atoms with E-state index in [1.165, 1.54) is 5.56 Å². The molecule has 1 aromatic carbocycles. The molecule has 2 nitrogen and oxygen atoms in total. The van der Waals surface area contributed by atoms with Crippen LogP contribution in [0.15, 0.2) is 28.7 Å². The lowest BCUT2D eigenvalue weighted by Gasteiger charge is -2.00. The summed E-state index contributed by atoms with van der Waals surface area (Å²) >= 11 is 3.48. The van der Waals surface area contributed by atoms with Crippen LogP contribution in [0.1, 0.15) is 23.7 Å². The zero-order valence-electron chi connectivity index (χ0n) is 9.84. The van der Waals surface area contributed by atoms with Crippen LogP contribution in [0.4, 0.5) is 0 Å². The van der Waals surface area contributed by atoms with Gasteiger partial charge in [0.15, 0.2) is 0 Å². The third kappa shape index (κ3) is 2.13. The number of hydrogen-bond donors (Lipinski definition) is 1. The number of hydrogen-bond acceptors (Lipinski definition) is 1. The number of halogens is 1. The van der Waals surface area contributed by atoms with Crippen LogP contribution >= 0.6 is 15.9 Å². The highest BCUT2D eigenvalue weighted by molar-refractivity contribution is 9.10. The van der Waals surface area contributed by atoms with E-state index in [0.717, 1.165) is 27.8 Å². The lowest BCUT2D eigenvalue weighted by molar-refractivity contribution is 1.06. The number of aromatic amines is 1. The molecule has 0 bridgehead atoms. The van der Waals surface area contributed by atoms with Gasteiger partial charge in [0, 0.05) is 5.69 Å². The Balaban J connectivity index is 2.59. The molecule has 17 heavy (non-hydrogen) atoms. The topological polar surface area (TPSA) is 39.6 Å². The Morgan fingerprint density at radius 1 is 1.29 bits per heavy atom. The maximum absolute atomic E-state index is 9.22. The molecule has 1 heterocycles. The van der Waals surface area contributed by atoms with Crippen LogP contribution in [0.3, 0.4) is 0 Å². The molecule has 1 N–H and O–H groups in total. The van der Waals surface area contributed by atoms with Crippen molar-refractivity contribution in [2.24, 2.45) is 0 Å². The van der Waals surface area contributed by atoms with Gasteiger partial charge in [0.05, 0.1) is 15.7 Å². The maximum atomic E-state index is 9.22. The zero-order chi connectivity index (χ0) is 12.4. The molecule has 0 unspecified atom stereocenters. The highest BCUT2D eigenvalue weighted by atomic mass is 79.9. The molecule has 0 radical (unpaired) electrons. The van der Waals surface area contributed by atoms with Crippen LogP contribution in [0.2, 0.25) is 0 Å². The van der Waals surface area contributed by atoms with Gasteiger partial charge < -0.3 is 4.98 Å². The van der Waals surface area contributed by atoms with Crippen molar-refractivity contribution in [1.29, 1.82) is 5.26 Å². The molecule has 0 aliphatic rings. The van der Waals surface area contributed by atoms with E-state index in [4.69, 9.17) is 0 Å². The highest BCUT2D eigenvalue weighted by Crippen LogP contribution is 2.31. The molecule has 3 heteroatoms. The molecular weight excluding hydrogens is 276 g/mol. The Morgan fingerprint density at radius 3 is 2.47 bits per heavy atom. The molecular formula is C14H13BrN2. The third-order valence-corrected chi connectivity index (χ3v) is 3.69. The first-order chi connectivity index (χ1) is 8.17. The summed E-state index contributed by atoms with van der Waals surface area (Å²) in [7, 11) is 0. The van der Waals surface area contributed by atoms with E-state index in [1.807, 2.05) is 12.1 Å². The summed E-state index contributed by atoms with van der Waals surface area (Å²) in [5, 5.41) is 9.22. The number of nitrogens with one attached hydrogen (secondary N) is 1. The van der Waals surface area contributed by atoms with E-state index in [9.17, 15) is 5.26 Å². The summed E-state index contributed by atoms with van der Waals surface area (Å²) < 4.78 is 0.887. The van der Waals surface area contributed by atoms with Gasteiger partial charge >= 0.3 is 0 Å². The van der Waals surface area contributed by atoms with Crippen molar-refractivity contribution in [2.45, 2.75) is 20.3 Å². The Morgan fingerprint density at radius 2 is 1.94 bits per heavy atom. The fourth-order valence-corrected chi connectivity index (χ4v) is 2.48. The van der Waals surface area contributed by atoms with Crippen molar-refractivity contribution < 1.29 is 0 Å². The number of nitriles is 1. The molecule has 0 amide bonds. The average molecular weight is 289 g/mol. The number of rotatable bonds is 2. The van der Waals surface area contributed by atoms with Gasteiger partial charge in [-0.05, 0) is 34.8 Å². The molecule has 0 aliphatic heterocycles. The normalized spacial score (nSPS) is 10.2. The summed E-state index contributed by atoms with van der Waals surface area (Å²) in [4.78, 5) is 3.32. The summed E-state index contributed by atoms with van der Waals surface area (Å²) in [5.74, 6) is 0. The van der Waals surface area contributed by atoms with E-state index in [0.29, 0.717) is 5.56 Å². The minimum Gasteiger partial charge on any atom is -0.356 e. The zero-order valence-corrected chi connectivity index (χ0v) is 11.4. The molecule has 0 atom stereocenters. The van der Waals surface area contributed by atoms with Crippen LogP contribution < -0.4 is 0 Å². The van der Waals surface area contributed by atoms with Crippen LogP contribution in [0.5, 0.6) is 0 Å². The molecule has 86 valence electrons.